The van der Waals surface area contributed by atoms with Crippen LogP contribution in [0, 0.1) is 18.8 Å². The summed E-state index contributed by atoms with van der Waals surface area (Å²) < 4.78 is 0. The molecule has 1 nitrogen and oxygen atoms in total. The second-order valence-corrected chi connectivity index (χ2v) is 6.75. The first kappa shape index (κ1) is 13.5. The molecule has 0 amide bonds. The molecular weight excluding hydrogens is 254 g/mol. The van der Waals surface area contributed by atoms with Crippen molar-refractivity contribution in [2.75, 3.05) is 13.1 Å². The molecule has 2 aliphatic rings. The lowest BCUT2D eigenvalue weighted by Gasteiger charge is -2.37. The number of hydrogen-bond donors (Lipinski definition) is 1. The summed E-state index contributed by atoms with van der Waals surface area (Å²) >= 11 is 6.11. The van der Waals surface area contributed by atoms with Crippen molar-refractivity contribution >= 4 is 11.6 Å². The van der Waals surface area contributed by atoms with Gasteiger partial charge in [-0.05, 0) is 67.4 Å². The van der Waals surface area contributed by atoms with Gasteiger partial charge in [0.2, 0.25) is 0 Å². The van der Waals surface area contributed by atoms with Crippen molar-refractivity contribution in [2.24, 2.45) is 11.8 Å². The molecule has 2 fully saturated rings. The fourth-order valence-electron chi connectivity index (χ4n) is 4.20. The summed E-state index contributed by atoms with van der Waals surface area (Å²) in [6, 6.07) is 6.47. The molecule has 1 aliphatic heterocycles. The van der Waals surface area contributed by atoms with Gasteiger partial charge in [-0.1, -0.05) is 43.4 Å². The highest BCUT2D eigenvalue weighted by Crippen LogP contribution is 2.42. The molecular formula is C17H24ClN. The van der Waals surface area contributed by atoms with Gasteiger partial charge in [0.25, 0.3) is 0 Å². The lowest BCUT2D eigenvalue weighted by atomic mass is 9.73. The second-order valence-electron chi connectivity index (χ2n) is 6.31. The van der Waals surface area contributed by atoms with Crippen molar-refractivity contribution in [1.82, 2.24) is 5.32 Å². The van der Waals surface area contributed by atoms with Gasteiger partial charge in [-0.3, -0.25) is 0 Å². The van der Waals surface area contributed by atoms with Crippen LogP contribution in [0.5, 0.6) is 0 Å². The average Bonchev–Trinajstić information content (AvgIpc) is 2.93. The smallest absolute Gasteiger partial charge is 0.0408 e. The predicted octanol–water partition coefficient (Wildman–Crippen LogP) is 4.53. The number of aryl methyl sites for hydroxylation is 1. The Hall–Kier alpha value is -0.530. The summed E-state index contributed by atoms with van der Waals surface area (Å²) in [4.78, 5) is 0. The monoisotopic (exact) mass is 277 g/mol. The largest absolute Gasteiger partial charge is 0.316 e. The van der Waals surface area contributed by atoms with Gasteiger partial charge in [0.15, 0.2) is 0 Å². The van der Waals surface area contributed by atoms with Crippen LogP contribution >= 0.6 is 11.6 Å². The molecule has 0 aromatic heterocycles. The van der Waals surface area contributed by atoms with Gasteiger partial charge in [0, 0.05) is 5.02 Å². The average molecular weight is 278 g/mol. The molecule has 0 radical (unpaired) electrons. The quantitative estimate of drug-likeness (QED) is 0.837. The van der Waals surface area contributed by atoms with Crippen LogP contribution < -0.4 is 5.32 Å². The van der Waals surface area contributed by atoms with Crippen LogP contribution in [0.2, 0.25) is 5.02 Å². The van der Waals surface area contributed by atoms with Crippen molar-refractivity contribution < 1.29 is 0 Å². The van der Waals surface area contributed by atoms with E-state index in [1.54, 1.807) is 5.56 Å². The van der Waals surface area contributed by atoms with E-state index in [2.05, 4.69) is 30.4 Å². The summed E-state index contributed by atoms with van der Waals surface area (Å²) in [6.45, 7) is 4.59. The molecule has 0 spiro atoms. The highest BCUT2D eigenvalue weighted by molar-refractivity contribution is 6.30. The minimum atomic E-state index is 0.738. The molecule has 104 valence electrons. The number of benzene rings is 1. The molecule has 2 atom stereocenters. The van der Waals surface area contributed by atoms with Crippen molar-refractivity contribution in [3.63, 3.8) is 0 Å². The van der Waals surface area contributed by atoms with Crippen molar-refractivity contribution in [3.05, 3.63) is 34.3 Å². The molecule has 2 heteroatoms. The number of hydrogen-bond acceptors (Lipinski definition) is 1. The zero-order chi connectivity index (χ0) is 13.2. The Labute approximate surface area is 121 Å². The van der Waals surface area contributed by atoms with E-state index in [4.69, 9.17) is 11.6 Å². The maximum absolute atomic E-state index is 6.11. The minimum absolute atomic E-state index is 0.738. The van der Waals surface area contributed by atoms with Crippen LogP contribution in [0.15, 0.2) is 18.2 Å². The summed E-state index contributed by atoms with van der Waals surface area (Å²) in [5, 5.41) is 4.48. The Morgan fingerprint density at radius 2 is 1.95 bits per heavy atom. The standard InChI is InChI=1S/C17H24ClN/c1-12-10-14(18)6-7-15(12)16-8-9-19-11-17(16)13-4-2-3-5-13/h6-7,10,13,16-17,19H,2-5,8-9,11H2,1H3. The topological polar surface area (TPSA) is 12.0 Å². The van der Waals surface area contributed by atoms with E-state index in [0.29, 0.717) is 0 Å². The summed E-state index contributed by atoms with van der Waals surface area (Å²) in [7, 11) is 0. The van der Waals surface area contributed by atoms with Crippen LogP contribution in [0.4, 0.5) is 0 Å². The van der Waals surface area contributed by atoms with Gasteiger partial charge in [0.1, 0.15) is 0 Å². The Bertz CT molecular complexity index is 437. The number of piperidine rings is 1. The van der Waals surface area contributed by atoms with E-state index in [-0.39, 0.29) is 0 Å². The normalized spacial score (nSPS) is 28.7. The maximum atomic E-state index is 6.11. The number of nitrogens with one attached hydrogen (secondary N) is 1. The molecule has 1 saturated heterocycles. The Kier molecular flexibility index (Phi) is 4.14. The molecule has 1 aromatic rings. The van der Waals surface area contributed by atoms with E-state index < -0.39 is 0 Å². The van der Waals surface area contributed by atoms with Gasteiger partial charge in [-0.15, -0.1) is 0 Å². The molecule has 3 rings (SSSR count). The van der Waals surface area contributed by atoms with E-state index in [1.165, 1.54) is 44.2 Å². The zero-order valence-corrected chi connectivity index (χ0v) is 12.5. The highest BCUT2D eigenvalue weighted by Gasteiger charge is 2.34. The first-order chi connectivity index (χ1) is 9.25. The van der Waals surface area contributed by atoms with E-state index in [9.17, 15) is 0 Å². The van der Waals surface area contributed by atoms with Gasteiger partial charge >= 0.3 is 0 Å². The lowest BCUT2D eigenvalue weighted by Crippen LogP contribution is -2.39. The third-order valence-corrected chi connectivity index (χ3v) is 5.40. The van der Waals surface area contributed by atoms with Gasteiger partial charge in [-0.2, -0.15) is 0 Å². The maximum Gasteiger partial charge on any atom is 0.0408 e. The third kappa shape index (κ3) is 2.83. The zero-order valence-electron chi connectivity index (χ0n) is 11.8. The number of halogens is 1. The van der Waals surface area contributed by atoms with E-state index >= 15 is 0 Å². The molecule has 1 N–H and O–H groups in total. The van der Waals surface area contributed by atoms with Crippen molar-refractivity contribution in [1.29, 1.82) is 0 Å². The van der Waals surface area contributed by atoms with Crippen molar-refractivity contribution in [2.45, 2.75) is 44.9 Å². The SMILES string of the molecule is Cc1cc(Cl)ccc1C1CCNCC1C1CCCC1. The fraction of sp³-hybridized carbons (Fsp3) is 0.647. The first-order valence-electron chi connectivity index (χ1n) is 7.72. The van der Waals surface area contributed by atoms with Crippen LogP contribution in [0.1, 0.15) is 49.1 Å². The predicted molar refractivity (Wildman–Crippen MR) is 81.9 cm³/mol. The lowest BCUT2D eigenvalue weighted by molar-refractivity contribution is 0.230. The van der Waals surface area contributed by atoms with Crippen LogP contribution in [-0.2, 0) is 0 Å². The van der Waals surface area contributed by atoms with E-state index in [1.807, 2.05) is 0 Å². The molecule has 19 heavy (non-hydrogen) atoms. The third-order valence-electron chi connectivity index (χ3n) is 5.17. The van der Waals surface area contributed by atoms with Gasteiger partial charge in [0.05, 0.1) is 0 Å². The van der Waals surface area contributed by atoms with Crippen molar-refractivity contribution in [3.8, 4) is 0 Å². The van der Waals surface area contributed by atoms with Crippen LogP contribution in [-0.4, -0.2) is 13.1 Å². The minimum Gasteiger partial charge on any atom is -0.316 e. The highest BCUT2D eigenvalue weighted by atomic mass is 35.5. The first-order valence-corrected chi connectivity index (χ1v) is 8.10. The van der Waals surface area contributed by atoms with E-state index in [0.717, 1.165) is 29.3 Å². The van der Waals surface area contributed by atoms with Gasteiger partial charge in [-0.25, -0.2) is 0 Å². The summed E-state index contributed by atoms with van der Waals surface area (Å²) in [5.41, 5.74) is 2.92. The van der Waals surface area contributed by atoms with Crippen LogP contribution in [0.25, 0.3) is 0 Å². The molecule has 1 aliphatic carbocycles. The van der Waals surface area contributed by atoms with Crippen LogP contribution in [0.3, 0.4) is 0 Å². The molecule has 1 heterocycles. The summed E-state index contributed by atoms with van der Waals surface area (Å²) in [5.74, 6) is 2.51. The fourth-order valence-corrected chi connectivity index (χ4v) is 4.43. The number of rotatable bonds is 2. The molecule has 1 aromatic carbocycles. The van der Waals surface area contributed by atoms with Gasteiger partial charge < -0.3 is 5.32 Å². The summed E-state index contributed by atoms with van der Waals surface area (Å²) in [6.07, 6.45) is 7.04. The Balaban J connectivity index is 1.86. The second kappa shape index (κ2) is 5.85. The Morgan fingerprint density at radius 3 is 2.68 bits per heavy atom. The molecule has 1 saturated carbocycles. The molecule has 0 bridgehead atoms. The Morgan fingerprint density at radius 1 is 1.16 bits per heavy atom. The molecule has 2 unspecified atom stereocenters.